The van der Waals surface area contributed by atoms with Gasteiger partial charge in [0.1, 0.15) is 5.75 Å². The van der Waals surface area contributed by atoms with Crippen molar-refractivity contribution in [1.82, 2.24) is 0 Å². The summed E-state index contributed by atoms with van der Waals surface area (Å²) in [5.41, 5.74) is 0.480. The van der Waals surface area contributed by atoms with Gasteiger partial charge in [-0.3, -0.25) is 4.79 Å². The third-order valence-electron chi connectivity index (χ3n) is 1.66. The molecule has 1 aromatic carbocycles. The minimum atomic E-state index is -0.165. The van der Waals surface area contributed by atoms with Gasteiger partial charge in [0.2, 0.25) is 0 Å². The van der Waals surface area contributed by atoms with Gasteiger partial charge in [-0.1, -0.05) is 11.6 Å². The molecule has 0 saturated carbocycles. The summed E-state index contributed by atoms with van der Waals surface area (Å²) in [5.74, 6) is 0.230. The number of methoxy groups -OCH3 is 1. The van der Waals surface area contributed by atoms with Gasteiger partial charge < -0.3 is 4.74 Å². The van der Waals surface area contributed by atoms with Crippen molar-refractivity contribution in [3.05, 3.63) is 27.2 Å². The Bertz CT molecular complexity index is 366. The van der Waals surface area contributed by atoms with Crippen LogP contribution in [-0.4, -0.2) is 18.8 Å². The van der Waals surface area contributed by atoms with Crippen LogP contribution in [-0.2, 0) is 0 Å². The highest BCUT2D eigenvalue weighted by atomic mass is 79.9. The molecule has 0 bridgehead atoms. The molecule has 0 saturated heterocycles. The third-order valence-corrected chi connectivity index (χ3v) is 3.14. The van der Waals surface area contributed by atoms with E-state index in [2.05, 4.69) is 15.9 Å². The first-order valence-electron chi connectivity index (χ1n) is 3.72. The lowest BCUT2D eigenvalue weighted by atomic mass is 10.1. The number of alkyl halides is 1. The number of hydrogen-bond acceptors (Lipinski definition) is 2. The third kappa shape index (κ3) is 2.41. The number of Topliss-reactive ketones (excluding diaryl/α,β-unsaturated/α-hetero) is 1. The van der Waals surface area contributed by atoms with Gasteiger partial charge in [-0.2, -0.15) is 0 Å². The lowest BCUT2D eigenvalue weighted by molar-refractivity contribution is 0.102. The van der Waals surface area contributed by atoms with Crippen LogP contribution in [0.15, 0.2) is 16.6 Å². The fourth-order valence-corrected chi connectivity index (χ4v) is 1.73. The Morgan fingerprint density at radius 2 is 2.21 bits per heavy atom. The lowest BCUT2D eigenvalue weighted by Crippen LogP contribution is -2.01. The van der Waals surface area contributed by atoms with Crippen molar-refractivity contribution in [2.45, 2.75) is 0 Å². The molecule has 5 heteroatoms. The highest BCUT2D eigenvalue weighted by molar-refractivity contribution is 9.10. The molecule has 76 valence electrons. The normalized spacial score (nSPS) is 10.0. The van der Waals surface area contributed by atoms with Gasteiger partial charge in [0.05, 0.1) is 18.0 Å². The predicted octanol–water partition coefficient (Wildman–Crippen LogP) is 3.53. The molecule has 0 N–H and O–H groups in total. The molecule has 0 radical (unpaired) electrons. The molecule has 2 nitrogen and oxygen atoms in total. The van der Waals surface area contributed by atoms with Crippen molar-refractivity contribution < 1.29 is 9.53 Å². The predicted molar refractivity (Wildman–Crippen MR) is 60.8 cm³/mol. The summed E-state index contributed by atoms with van der Waals surface area (Å²) < 4.78 is 5.62. The summed E-state index contributed by atoms with van der Waals surface area (Å²) in [5, 5.41) is 0.443. The van der Waals surface area contributed by atoms with Crippen molar-refractivity contribution in [1.29, 1.82) is 0 Å². The van der Waals surface area contributed by atoms with Gasteiger partial charge in [0.25, 0.3) is 0 Å². The van der Waals surface area contributed by atoms with Crippen LogP contribution in [0.3, 0.4) is 0 Å². The Kier molecular flexibility index (Phi) is 4.23. The molecule has 0 amide bonds. The monoisotopic (exact) mass is 296 g/mol. The van der Waals surface area contributed by atoms with E-state index in [4.69, 9.17) is 27.9 Å². The number of benzene rings is 1. The fraction of sp³-hybridized carbons (Fsp3) is 0.222. The van der Waals surface area contributed by atoms with E-state index in [9.17, 15) is 4.79 Å². The molecule has 0 fully saturated rings. The second-order valence-corrected chi connectivity index (χ2v) is 4.03. The highest BCUT2D eigenvalue weighted by Gasteiger charge is 2.11. The number of rotatable bonds is 3. The molecule has 0 aromatic heterocycles. The minimum absolute atomic E-state index is 0.0583. The molecule has 0 atom stereocenters. The topological polar surface area (TPSA) is 26.3 Å². The highest BCUT2D eigenvalue weighted by Crippen LogP contribution is 2.33. The molecular formula is C9H7BrCl2O2. The Morgan fingerprint density at radius 3 is 2.71 bits per heavy atom. The first-order valence-corrected chi connectivity index (χ1v) is 5.43. The number of carbonyl (C=O) groups is 1. The minimum Gasteiger partial charge on any atom is -0.495 e. The molecular weight excluding hydrogens is 291 g/mol. The van der Waals surface area contributed by atoms with Gasteiger partial charge >= 0.3 is 0 Å². The summed E-state index contributed by atoms with van der Waals surface area (Å²) in [6.45, 7) is 0. The van der Waals surface area contributed by atoms with Gasteiger partial charge in [-0.25, -0.2) is 0 Å². The number of hydrogen-bond donors (Lipinski definition) is 0. The van der Waals surface area contributed by atoms with Crippen LogP contribution in [0.2, 0.25) is 5.02 Å². The van der Waals surface area contributed by atoms with Crippen LogP contribution in [0.4, 0.5) is 0 Å². The van der Waals surface area contributed by atoms with Crippen LogP contribution in [0.5, 0.6) is 5.75 Å². The van der Waals surface area contributed by atoms with Crippen LogP contribution in [0.1, 0.15) is 10.4 Å². The van der Waals surface area contributed by atoms with E-state index in [1.54, 1.807) is 12.1 Å². The van der Waals surface area contributed by atoms with Crippen LogP contribution in [0.25, 0.3) is 0 Å². The van der Waals surface area contributed by atoms with Gasteiger partial charge in [0.15, 0.2) is 5.78 Å². The van der Waals surface area contributed by atoms with Crippen molar-refractivity contribution in [2.75, 3.05) is 13.0 Å². The van der Waals surface area contributed by atoms with Gasteiger partial charge in [0, 0.05) is 10.0 Å². The molecule has 0 aliphatic carbocycles. The lowest BCUT2D eigenvalue weighted by Gasteiger charge is -2.06. The number of ether oxygens (including phenoxy) is 1. The Labute approximate surface area is 100 Å². The second-order valence-electron chi connectivity index (χ2n) is 2.53. The maximum absolute atomic E-state index is 11.3. The van der Waals surface area contributed by atoms with E-state index < -0.39 is 0 Å². The molecule has 1 rings (SSSR count). The summed E-state index contributed by atoms with van der Waals surface area (Å²) in [7, 11) is 1.49. The zero-order chi connectivity index (χ0) is 10.7. The van der Waals surface area contributed by atoms with Gasteiger partial charge in [-0.05, 0) is 28.1 Å². The molecule has 0 spiro atoms. The van der Waals surface area contributed by atoms with E-state index in [1.807, 2.05) is 0 Å². The summed E-state index contributed by atoms with van der Waals surface area (Å²) in [6, 6.07) is 3.19. The molecule has 1 aromatic rings. The molecule has 0 unspecified atom stereocenters. The Morgan fingerprint density at radius 1 is 1.57 bits per heavy atom. The first kappa shape index (κ1) is 11.8. The molecule has 0 aliphatic heterocycles. The van der Waals surface area contributed by atoms with Crippen LogP contribution < -0.4 is 4.74 Å². The summed E-state index contributed by atoms with van der Waals surface area (Å²) in [6.07, 6.45) is 0. The van der Waals surface area contributed by atoms with E-state index in [-0.39, 0.29) is 11.7 Å². The Hall–Kier alpha value is -0.250. The molecule has 0 heterocycles. The first-order chi connectivity index (χ1) is 6.60. The molecule has 0 aliphatic rings. The van der Waals surface area contributed by atoms with E-state index in [0.29, 0.717) is 20.8 Å². The zero-order valence-corrected chi connectivity index (χ0v) is 10.4. The van der Waals surface area contributed by atoms with E-state index >= 15 is 0 Å². The average molecular weight is 298 g/mol. The van der Waals surface area contributed by atoms with Gasteiger partial charge in [-0.15, -0.1) is 11.6 Å². The van der Waals surface area contributed by atoms with E-state index in [0.717, 1.165) is 0 Å². The maximum Gasteiger partial charge on any atom is 0.177 e. The zero-order valence-electron chi connectivity index (χ0n) is 7.31. The summed E-state index contributed by atoms with van der Waals surface area (Å²) >= 11 is 14.6. The van der Waals surface area contributed by atoms with Crippen LogP contribution in [0, 0.1) is 0 Å². The standard InChI is InChI=1S/C9H7BrCl2O2/c1-14-8-3-5(7(13)4-11)2-6(10)9(8)12/h2-3H,4H2,1H3. The Balaban J connectivity index is 3.22. The maximum atomic E-state index is 11.3. The van der Waals surface area contributed by atoms with Crippen molar-refractivity contribution >= 4 is 44.9 Å². The molecule has 14 heavy (non-hydrogen) atoms. The quantitative estimate of drug-likeness (QED) is 0.630. The van der Waals surface area contributed by atoms with Crippen molar-refractivity contribution in [2.24, 2.45) is 0 Å². The smallest absolute Gasteiger partial charge is 0.177 e. The largest absolute Gasteiger partial charge is 0.495 e. The van der Waals surface area contributed by atoms with Crippen molar-refractivity contribution in [3.63, 3.8) is 0 Å². The number of carbonyl (C=O) groups excluding carboxylic acids is 1. The SMILES string of the molecule is COc1cc(C(=O)CCl)cc(Br)c1Cl. The average Bonchev–Trinajstić information content (AvgIpc) is 2.20. The number of ketones is 1. The fourth-order valence-electron chi connectivity index (χ4n) is 0.951. The second kappa shape index (κ2) is 5.01. The van der Waals surface area contributed by atoms with Crippen LogP contribution >= 0.6 is 39.1 Å². The van der Waals surface area contributed by atoms with E-state index in [1.165, 1.54) is 7.11 Å². The number of halogens is 3. The summed E-state index contributed by atoms with van der Waals surface area (Å²) in [4.78, 5) is 11.3. The van der Waals surface area contributed by atoms with Crippen molar-refractivity contribution in [3.8, 4) is 5.75 Å².